The van der Waals surface area contributed by atoms with Gasteiger partial charge in [0, 0.05) is 18.7 Å². The summed E-state index contributed by atoms with van der Waals surface area (Å²) in [6.45, 7) is 1.84. The van der Waals surface area contributed by atoms with Crippen molar-refractivity contribution in [3.8, 4) is 0 Å². The molecular weight excluding hydrogens is 314 g/mol. The Bertz CT molecular complexity index is 440. The lowest BCUT2D eigenvalue weighted by Crippen LogP contribution is -2.37. The van der Waals surface area contributed by atoms with Gasteiger partial charge in [-0.3, -0.25) is 0 Å². The number of benzene rings is 1. The van der Waals surface area contributed by atoms with Gasteiger partial charge in [0.1, 0.15) is 11.6 Å². The zero-order chi connectivity index (χ0) is 13.8. The van der Waals surface area contributed by atoms with E-state index in [1.807, 2.05) is 0 Å². The first-order valence-electron chi connectivity index (χ1n) is 6.66. The summed E-state index contributed by atoms with van der Waals surface area (Å²) in [7, 11) is 2.14. The molecule has 0 radical (unpaired) electrons. The van der Waals surface area contributed by atoms with Gasteiger partial charge in [0.15, 0.2) is 0 Å². The van der Waals surface area contributed by atoms with Crippen LogP contribution in [0.25, 0.3) is 0 Å². The molecule has 5 heteroatoms. The molecule has 0 saturated carbocycles. The number of likely N-dealkylation sites (tertiary alicyclic amines) is 1. The van der Waals surface area contributed by atoms with Crippen LogP contribution in [0.15, 0.2) is 16.6 Å². The van der Waals surface area contributed by atoms with E-state index in [1.54, 1.807) is 0 Å². The Kier molecular flexibility index (Phi) is 5.16. The average molecular weight is 333 g/mol. The molecular formula is C14H19BrF2N2. The molecule has 0 amide bonds. The molecule has 1 fully saturated rings. The summed E-state index contributed by atoms with van der Waals surface area (Å²) in [4.78, 5) is 2.36. The van der Waals surface area contributed by atoms with E-state index in [0.29, 0.717) is 18.3 Å². The fraction of sp³-hybridized carbons (Fsp3) is 0.571. The highest BCUT2D eigenvalue weighted by atomic mass is 79.9. The Hall–Kier alpha value is -0.680. The lowest BCUT2D eigenvalue weighted by Gasteiger charge is -2.32. The van der Waals surface area contributed by atoms with Crippen molar-refractivity contribution < 1.29 is 8.78 Å². The molecule has 1 aromatic carbocycles. The maximum Gasteiger partial charge on any atom is 0.149 e. The molecule has 1 atom stereocenters. The van der Waals surface area contributed by atoms with Gasteiger partial charge >= 0.3 is 0 Å². The molecule has 1 aliphatic heterocycles. The Balaban J connectivity index is 1.87. The predicted molar refractivity (Wildman–Crippen MR) is 77.4 cm³/mol. The first kappa shape index (κ1) is 14.7. The maximum absolute atomic E-state index is 13.5. The molecule has 0 bridgehead atoms. The topological polar surface area (TPSA) is 15.3 Å². The Morgan fingerprint density at radius 2 is 2.11 bits per heavy atom. The van der Waals surface area contributed by atoms with Crippen molar-refractivity contribution in [3.05, 3.63) is 28.2 Å². The van der Waals surface area contributed by atoms with E-state index in [2.05, 4.69) is 33.2 Å². The fourth-order valence-corrected chi connectivity index (χ4v) is 2.88. The minimum absolute atomic E-state index is 0.284. The van der Waals surface area contributed by atoms with Gasteiger partial charge < -0.3 is 10.2 Å². The Morgan fingerprint density at radius 1 is 1.32 bits per heavy atom. The van der Waals surface area contributed by atoms with Crippen LogP contribution >= 0.6 is 15.9 Å². The molecule has 1 aromatic rings. The predicted octanol–water partition coefficient (Wildman–Crippen LogP) is 4.01. The molecule has 0 spiro atoms. The number of nitrogens with one attached hydrogen (secondary N) is 1. The Morgan fingerprint density at radius 3 is 2.84 bits per heavy atom. The van der Waals surface area contributed by atoms with Crippen molar-refractivity contribution in [2.45, 2.75) is 31.7 Å². The van der Waals surface area contributed by atoms with E-state index in [-0.39, 0.29) is 4.47 Å². The molecule has 1 aliphatic rings. The second-order valence-electron chi connectivity index (χ2n) is 5.09. The first-order chi connectivity index (χ1) is 9.08. The highest BCUT2D eigenvalue weighted by molar-refractivity contribution is 9.10. The van der Waals surface area contributed by atoms with Crippen molar-refractivity contribution in [1.29, 1.82) is 0 Å². The standard InChI is InChI=1S/C14H19BrF2N2/c1-19-7-3-2-4-10(19)5-6-18-14-8-11(15)12(16)9-13(14)17/h8-10,18H,2-7H2,1H3. The fourth-order valence-electron chi connectivity index (χ4n) is 2.54. The van der Waals surface area contributed by atoms with Crippen LogP contribution in [0.1, 0.15) is 25.7 Å². The number of piperidine rings is 1. The monoisotopic (exact) mass is 332 g/mol. The number of hydrogen-bond donors (Lipinski definition) is 1. The molecule has 106 valence electrons. The van der Waals surface area contributed by atoms with Crippen molar-refractivity contribution in [2.24, 2.45) is 0 Å². The summed E-state index contributed by atoms with van der Waals surface area (Å²) in [5.74, 6) is -1.12. The number of nitrogens with zero attached hydrogens (tertiary/aromatic N) is 1. The van der Waals surface area contributed by atoms with Gasteiger partial charge in [-0.2, -0.15) is 0 Å². The number of anilines is 1. The molecule has 19 heavy (non-hydrogen) atoms. The second kappa shape index (κ2) is 6.66. The van der Waals surface area contributed by atoms with E-state index in [1.165, 1.54) is 25.3 Å². The quantitative estimate of drug-likeness (QED) is 0.838. The number of halogens is 3. The molecule has 0 aliphatic carbocycles. The maximum atomic E-state index is 13.5. The van der Waals surface area contributed by atoms with Crippen LogP contribution in [-0.2, 0) is 0 Å². The third-order valence-electron chi connectivity index (χ3n) is 3.72. The zero-order valence-corrected chi connectivity index (χ0v) is 12.6. The molecule has 1 heterocycles. The van der Waals surface area contributed by atoms with E-state index in [4.69, 9.17) is 0 Å². The summed E-state index contributed by atoms with van der Waals surface area (Å²) in [6, 6.07) is 2.92. The molecule has 1 N–H and O–H groups in total. The highest BCUT2D eigenvalue weighted by Gasteiger charge is 2.18. The molecule has 0 aromatic heterocycles. The van der Waals surface area contributed by atoms with E-state index >= 15 is 0 Å². The van der Waals surface area contributed by atoms with Gasteiger partial charge in [-0.1, -0.05) is 6.42 Å². The van der Waals surface area contributed by atoms with E-state index in [9.17, 15) is 8.78 Å². The third kappa shape index (κ3) is 3.89. The first-order valence-corrected chi connectivity index (χ1v) is 7.46. The lowest BCUT2D eigenvalue weighted by atomic mass is 10.0. The van der Waals surface area contributed by atoms with E-state index < -0.39 is 11.6 Å². The smallest absolute Gasteiger partial charge is 0.149 e. The van der Waals surface area contributed by atoms with Crippen molar-refractivity contribution in [3.63, 3.8) is 0 Å². The summed E-state index contributed by atoms with van der Waals surface area (Å²) in [5, 5.41) is 3.05. The highest BCUT2D eigenvalue weighted by Crippen LogP contribution is 2.24. The van der Waals surface area contributed by atoms with Gasteiger partial charge in [-0.25, -0.2) is 8.78 Å². The van der Waals surface area contributed by atoms with Crippen molar-refractivity contribution in [1.82, 2.24) is 4.90 Å². The lowest BCUT2D eigenvalue weighted by molar-refractivity contribution is 0.179. The summed E-state index contributed by atoms with van der Waals surface area (Å²) >= 11 is 3.07. The van der Waals surface area contributed by atoms with Crippen LogP contribution in [0.5, 0.6) is 0 Å². The van der Waals surface area contributed by atoms with Crippen molar-refractivity contribution >= 4 is 21.6 Å². The van der Waals surface area contributed by atoms with Crippen molar-refractivity contribution in [2.75, 3.05) is 25.5 Å². The van der Waals surface area contributed by atoms with Gasteiger partial charge in [0.05, 0.1) is 10.2 Å². The van der Waals surface area contributed by atoms with Crippen LogP contribution in [0.2, 0.25) is 0 Å². The van der Waals surface area contributed by atoms with Crippen LogP contribution in [-0.4, -0.2) is 31.1 Å². The molecule has 2 nitrogen and oxygen atoms in total. The van der Waals surface area contributed by atoms with Gasteiger partial charge in [0.2, 0.25) is 0 Å². The molecule has 1 unspecified atom stereocenters. The van der Waals surface area contributed by atoms with E-state index in [0.717, 1.165) is 19.0 Å². The van der Waals surface area contributed by atoms with Gasteiger partial charge in [0.25, 0.3) is 0 Å². The molecule has 2 rings (SSSR count). The minimum Gasteiger partial charge on any atom is -0.383 e. The normalized spacial score (nSPS) is 20.5. The number of hydrogen-bond acceptors (Lipinski definition) is 2. The van der Waals surface area contributed by atoms with Crippen LogP contribution < -0.4 is 5.32 Å². The zero-order valence-electron chi connectivity index (χ0n) is 11.1. The SMILES string of the molecule is CN1CCCCC1CCNc1cc(Br)c(F)cc1F. The molecule has 1 saturated heterocycles. The van der Waals surface area contributed by atoms with Crippen LogP contribution in [0.4, 0.5) is 14.5 Å². The van der Waals surface area contributed by atoms with Crippen LogP contribution in [0.3, 0.4) is 0 Å². The largest absolute Gasteiger partial charge is 0.383 e. The minimum atomic E-state index is -0.574. The summed E-state index contributed by atoms with van der Waals surface area (Å²) in [5.41, 5.74) is 0.353. The number of rotatable bonds is 4. The second-order valence-corrected chi connectivity index (χ2v) is 5.95. The third-order valence-corrected chi connectivity index (χ3v) is 4.33. The summed E-state index contributed by atoms with van der Waals surface area (Å²) < 4.78 is 26.9. The van der Waals surface area contributed by atoms with Gasteiger partial charge in [-0.05, 0) is 54.9 Å². The summed E-state index contributed by atoms with van der Waals surface area (Å²) in [6.07, 6.45) is 4.71. The van der Waals surface area contributed by atoms with Crippen LogP contribution in [0, 0.1) is 11.6 Å². The van der Waals surface area contributed by atoms with Gasteiger partial charge in [-0.15, -0.1) is 0 Å². The Labute approximate surface area is 121 Å². The average Bonchev–Trinajstić information content (AvgIpc) is 2.38.